The normalized spacial score (nSPS) is 11.8. The molecule has 3 heterocycles. The third kappa shape index (κ3) is 4.65. The van der Waals surface area contributed by atoms with E-state index in [4.69, 9.17) is 18.2 Å². The number of hydrogen-bond acceptors (Lipinski definition) is 4. The highest BCUT2D eigenvalue weighted by Gasteiger charge is 2.36. The number of hydrogen-bond donors (Lipinski definition) is 0. The molecule has 5 rings (SSSR count). The van der Waals surface area contributed by atoms with Crippen LogP contribution in [0.15, 0.2) is 72.8 Å². The van der Waals surface area contributed by atoms with Crippen molar-refractivity contribution in [3.8, 4) is 6.07 Å². The molecule has 3 aromatic heterocycles. The fourth-order valence-corrected chi connectivity index (χ4v) is 4.26. The Morgan fingerprint density at radius 2 is 1.50 bits per heavy atom. The van der Waals surface area contributed by atoms with Crippen molar-refractivity contribution in [3.63, 3.8) is 0 Å². The molecular weight excluding hydrogens is 462 g/mol. The molecule has 0 fully saturated rings. The van der Waals surface area contributed by atoms with E-state index in [0.29, 0.717) is 0 Å². The fourth-order valence-electron chi connectivity index (χ4n) is 3.07. The van der Waals surface area contributed by atoms with E-state index in [9.17, 15) is 13.2 Å². The highest BCUT2D eigenvalue weighted by molar-refractivity contribution is 7.86. The molecule has 0 unspecified atom stereocenters. The number of aromatic nitrogens is 2. The van der Waals surface area contributed by atoms with Crippen LogP contribution >= 0.6 is 8.35 Å². The quantitative estimate of drug-likeness (QED) is 0.175. The number of benzene rings is 2. The molecule has 0 radical (unpaired) electrons. The molecule has 6 nitrogen and oxygen atoms in total. The second-order valence-electron chi connectivity index (χ2n) is 6.37. The maximum Gasteiger partial charge on any atom is 0.485 e. The van der Waals surface area contributed by atoms with Crippen LogP contribution in [0.1, 0.15) is 6.92 Å². The van der Waals surface area contributed by atoms with Crippen LogP contribution in [0.5, 0.6) is 0 Å². The number of rotatable bonds is 0. The van der Waals surface area contributed by atoms with Crippen LogP contribution in [0.25, 0.3) is 32.7 Å². The van der Waals surface area contributed by atoms with E-state index >= 15 is 0 Å². The molecule has 0 saturated heterocycles. The summed E-state index contributed by atoms with van der Waals surface area (Å²) in [6.45, 7) is 1.43. The molecule has 0 bridgehead atoms. The Kier molecular flexibility index (Phi) is 6.65. The van der Waals surface area contributed by atoms with E-state index in [1.54, 1.807) is 6.07 Å². The minimum atomic E-state index is -6.09. The van der Waals surface area contributed by atoms with E-state index in [-0.39, 0.29) is 0 Å². The first kappa shape index (κ1) is 23.4. The summed E-state index contributed by atoms with van der Waals surface area (Å²) in [6, 6.07) is 27.8. The average Bonchev–Trinajstić information content (AvgIpc) is 3.13. The first-order valence-electron chi connectivity index (χ1n) is 9.01. The van der Waals surface area contributed by atoms with Crippen molar-refractivity contribution >= 4 is 51.2 Å². The number of nitriles is 1. The summed E-state index contributed by atoms with van der Waals surface area (Å²) in [7, 11) is -4.87. The van der Waals surface area contributed by atoms with E-state index in [0.717, 1.165) is 0 Å². The summed E-state index contributed by atoms with van der Waals surface area (Å²) in [6.07, 6.45) is 0. The molecule has 0 aliphatic rings. The fraction of sp³-hybridized carbons (Fsp3) is 0.0952. The second-order valence-corrected chi connectivity index (χ2v) is 8.80. The zero-order chi connectivity index (χ0) is 23.5. The third-order valence-corrected chi connectivity index (χ3v) is 6.07. The molecular formula is C21H15F3N3O3PS. The maximum absolute atomic E-state index is 10.7. The number of alkyl halides is 3. The van der Waals surface area contributed by atoms with Crippen molar-refractivity contribution in [2.45, 2.75) is 12.4 Å². The average molecular weight is 477 g/mol. The molecule has 0 amide bonds. The predicted molar refractivity (Wildman–Crippen MR) is 115 cm³/mol. The number of nitrogens with zero attached hydrogens (tertiary/aromatic N) is 3. The Morgan fingerprint density at radius 1 is 0.969 bits per heavy atom. The van der Waals surface area contributed by atoms with Crippen molar-refractivity contribution in [1.82, 2.24) is 4.16 Å². The molecule has 0 saturated carbocycles. The van der Waals surface area contributed by atoms with Crippen LogP contribution in [0.2, 0.25) is 0 Å². The van der Waals surface area contributed by atoms with Gasteiger partial charge in [0.25, 0.3) is 5.65 Å². The Labute approximate surface area is 182 Å². The summed E-state index contributed by atoms with van der Waals surface area (Å²) >= 11 is 0. The van der Waals surface area contributed by atoms with Crippen molar-refractivity contribution in [2.75, 3.05) is 0 Å². The van der Waals surface area contributed by atoms with Gasteiger partial charge >= 0.3 is 5.51 Å². The predicted octanol–water partition coefficient (Wildman–Crippen LogP) is 5.15. The van der Waals surface area contributed by atoms with Gasteiger partial charge in [0, 0.05) is 23.8 Å². The molecule has 11 heteroatoms. The molecule has 0 atom stereocenters. The second kappa shape index (κ2) is 9.09. The lowest BCUT2D eigenvalue weighted by molar-refractivity contribution is -0.449. The minimum absolute atomic E-state index is 1.22. The topological polar surface area (TPSA) is 89.5 Å². The van der Waals surface area contributed by atoms with Crippen LogP contribution in [0.3, 0.4) is 0 Å². The van der Waals surface area contributed by atoms with Gasteiger partial charge in [-0.3, -0.25) is 0 Å². The SMILES string of the molecule is CC#N.O=S(=O)([O-])C(F)(F)F.c1ccc2c(c1)ccc1n2pc2ccc3ccccc3[n+]21. The smallest absolute Gasteiger partial charge is 0.485 e. The largest absolute Gasteiger partial charge is 0.741 e. The van der Waals surface area contributed by atoms with Crippen LogP contribution in [0, 0.1) is 11.3 Å². The van der Waals surface area contributed by atoms with Gasteiger partial charge in [0.15, 0.2) is 18.5 Å². The van der Waals surface area contributed by atoms with Gasteiger partial charge in [-0.25, -0.2) is 8.42 Å². The highest BCUT2D eigenvalue weighted by Crippen LogP contribution is 2.25. The molecule has 2 aromatic carbocycles. The lowest BCUT2D eigenvalue weighted by atomic mass is 10.2. The Hall–Kier alpha value is -3.25. The van der Waals surface area contributed by atoms with Crippen molar-refractivity contribution in [2.24, 2.45) is 0 Å². The lowest BCUT2D eigenvalue weighted by Gasteiger charge is -2.08. The highest BCUT2D eigenvalue weighted by atomic mass is 32.2. The number of halogens is 3. The van der Waals surface area contributed by atoms with Gasteiger partial charge in [-0.15, -0.1) is 0 Å². The first-order valence-corrected chi connectivity index (χ1v) is 11.3. The molecule has 32 heavy (non-hydrogen) atoms. The Morgan fingerprint density at radius 3 is 2.12 bits per heavy atom. The summed E-state index contributed by atoms with van der Waals surface area (Å²) in [5.74, 6) is 0. The summed E-state index contributed by atoms with van der Waals surface area (Å²) in [4.78, 5) is 0. The Bertz CT molecular complexity index is 1580. The molecule has 0 aliphatic carbocycles. The van der Waals surface area contributed by atoms with Crippen LogP contribution in [-0.2, 0) is 10.1 Å². The lowest BCUT2D eigenvalue weighted by Crippen LogP contribution is -2.21. The minimum Gasteiger partial charge on any atom is -0.741 e. The van der Waals surface area contributed by atoms with Crippen molar-refractivity contribution in [1.29, 1.82) is 5.26 Å². The number of fused-ring (bicyclic) bond motifs is 7. The van der Waals surface area contributed by atoms with Crippen molar-refractivity contribution < 1.29 is 30.5 Å². The monoisotopic (exact) mass is 477 g/mol. The first-order chi connectivity index (χ1) is 15.1. The van der Waals surface area contributed by atoms with Gasteiger partial charge < -0.3 is 4.55 Å². The third-order valence-electron chi connectivity index (χ3n) is 4.33. The molecule has 164 valence electrons. The summed E-state index contributed by atoms with van der Waals surface area (Å²) < 4.78 is 63.6. The number of para-hydroxylation sites is 2. The van der Waals surface area contributed by atoms with Gasteiger partial charge in [-0.2, -0.15) is 27.0 Å². The Balaban J connectivity index is 0.000000224. The van der Waals surface area contributed by atoms with Gasteiger partial charge in [-0.05, 0) is 30.3 Å². The van der Waals surface area contributed by atoms with E-state index in [1.165, 1.54) is 48.0 Å². The maximum atomic E-state index is 10.7. The van der Waals surface area contributed by atoms with E-state index in [2.05, 4.69) is 81.4 Å². The standard InChI is InChI=1S/C18H12N2P.C2H3N.CHF3O3S/c1-3-7-15-13(5-1)10-12-18-19(15)17-11-9-14-6-2-4-8-16(14)20(17)21-18;1-2-3;2-1(3,4)8(5,6)7/h1-12H;1H3;(H,5,6,7)/q+1;;/p-1. The van der Waals surface area contributed by atoms with Crippen LogP contribution in [0.4, 0.5) is 13.2 Å². The van der Waals surface area contributed by atoms with E-state index in [1.807, 2.05) is 0 Å². The van der Waals surface area contributed by atoms with Gasteiger partial charge in [0.1, 0.15) is 11.0 Å². The summed E-state index contributed by atoms with van der Waals surface area (Å²) in [5.41, 5.74) is -1.86. The van der Waals surface area contributed by atoms with Crippen LogP contribution < -0.4 is 4.40 Å². The van der Waals surface area contributed by atoms with Gasteiger partial charge in [0.2, 0.25) is 5.25 Å². The molecule has 0 aliphatic heterocycles. The zero-order valence-electron chi connectivity index (χ0n) is 16.5. The molecule has 0 spiro atoms. The van der Waals surface area contributed by atoms with Gasteiger partial charge in [0.05, 0.1) is 6.07 Å². The van der Waals surface area contributed by atoms with Crippen LogP contribution in [-0.4, -0.2) is 22.6 Å². The zero-order valence-corrected chi connectivity index (χ0v) is 18.2. The number of pyridine rings is 2. The summed E-state index contributed by atoms with van der Waals surface area (Å²) in [5, 5.41) is 11.2. The molecule has 5 aromatic rings. The molecule has 0 N–H and O–H groups in total. The van der Waals surface area contributed by atoms with Gasteiger partial charge in [-0.1, -0.05) is 36.4 Å². The van der Waals surface area contributed by atoms with Crippen molar-refractivity contribution in [3.05, 3.63) is 72.8 Å². The van der Waals surface area contributed by atoms with E-state index < -0.39 is 15.6 Å².